The van der Waals surface area contributed by atoms with Crippen molar-refractivity contribution in [2.75, 3.05) is 12.4 Å². The van der Waals surface area contributed by atoms with E-state index in [2.05, 4.69) is 25.6 Å². The van der Waals surface area contributed by atoms with Gasteiger partial charge in [0.05, 0.1) is 11.9 Å². The average molecular weight is 336 g/mol. The maximum Gasteiger partial charge on any atom is 0.274 e. The number of aromatic nitrogens is 4. The van der Waals surface area contributed by atoms with E-state index >= 15 is 0 Å². The van der Waals surface area contributed by atoms with E-state index in [0.29, 0.717) is 11.5 Å². The predicted molar refractivity (Wildman–Crippen MR) is 91.7 cm³/mol. The normalized spacial score (nSPS) is 10.3. The largest absolute Gasteiger partial charge is 0.354 e. The molecule has 8 nitrogen and oxygen atoms in total. The van der Waals surface area contributed by atoms with E-state index in [1.165, 1.54) is 19.3 Å². The van der Waals surface area contributed by atoms with Crippen molar-refractivity contribution >= 4 is 17.5 Å². The molecule has 3 heterocycles. The molecule has 3 aromatic heterocycles. The third-order valence-electron chi connectivity index (χ3n) is 3.44. The molecule has 0 radical (unpaired) electrons. The average Bonchev–Trinajstić information content (AvgIpc) is 3.16. The summed E-state index contributed by atoms with van der Waals surface area (Å²) in [6.45, 7) is 1.89. The van der Waals surface area contributed by atoms with E-state index in [1.54, 1.807) is 35.4 Å². The number of aryl methyl sites for hydroxylation is 1. The molecule has 0 saturated carbocycles. The highest BCUT2D eigenvalue weighted by Crippen LogP contribution is 2.12. The molecule has 8 heteroatoms. The Morgan fingerprint density at radius 3 is 2.60 bits per heavy atom. The van der Waals surface area contributed by atoms with Crippen LogP contribution >= 0.6 is 0 Å². The zero-order valence-corrected chi connectivity index (χ0v) is 13.7. The molecule has 0 saturated heterocycles. The monoisotopic (exact) mass is 336 g/mol. The van der Waals surface area contributed by atoms with Crippen LogP contribution in [0.1, 0.15) is 26.5 Å². The quantitative estimate of drug-likeness (QED) is 0.753. The van der Waals surface area contributed by atoms with Crippen LogP contribution in [-0.4, -0.2) is 38.4 Å². The van der Waals surface area contributed by atoms with Crippen LogP contribution in [0.2, 0.25) is 0 Å². The molecule has 0 atom stereocenters. The van der Waals surface area contributed by atoms with Gasteiger partial charge < -0.3 is 10.6 Å². The lowest BCUT2D eigenvalue weighted by Gasteiger charge is -2.08. The van der Waals surface area contributed by atoms with Gasteiger partial charge in [-0.2, -0.15) is 0 Å². The van der Waals surface area contributed by atoms with Crippen molar-refractivity contribution in [1.29, 1.82) is 0 Å². The molecule has 0 aromatic carbocycles. The molecule has 25 heavy (non-hydrogen) atoms. The van der Waals surface area contributed by atoms with Crippen molar-refractivity contribution in [3.63, 3.8) is 0 Å². The van der Waals surface area contributed by atoms with Crippen molar-refractivity contribution in [3.8, 4) is 5.82 Å². The van der Waals surface area contributed by atoms with Gasteiger partial charge in [-0.15, -0.1) is 0 Å². The molecule has 0 aliphatic heterocycles. The van der Waals surface area contributed by atoms with Gasteiger partial charge in [0.15, 0.2) is 0 Å². The van der Waals surface area contributed by atoms with Crippen LogP contribution in [-0.2, 0) is 0 Å². The van der Waals surface area contributed by atoms with E-state index in [0.717, 1.165) is 5.56 Å². The summed E-state index contributed by atoms with van der Waals surface area (Å²) in [5, 5.41) is 5.21. The Morgan fingerprint density at radius 1 is 1.12 bits per heavy atom. The zero-order valence-electron chi connectivity index (χ0n) is 13.7. The highest BCUT2D eigenvalue weighted by Gasteiger charge is 2.12. The number of carbonyl (C=O) groups is 2. The number of rotatable bonds is 4. The second kappa shape index (κ2) is 6.91. The number of hydrogen-bond donors (Lipinski definition) is 2. The van der Waals surface area contributed by atoms with Crippen molar-refractivity contribution < 1.29 is 9.59 Å². The van der Waals surface area contributed by atoms with E-state index in [4.69, 9.17) is 0 Å². The van der Waals surface area contributed by atoms with Crippen LogP contribution in [0.15, 0.2) is 49.2 Å². The summed E-state index contributed by atoms with van der Waals surface area (Å²) in [7, 11) is 1.53. The molecule has 0 spiro atoms. The van der Waals surface area contributed by atoms with Crippen molar-refractivity contribution in [3.05, 3.63) is 66.1 Å². The van der Waals surface area contributed by atoms with Gasteiger partial charge in [0.25, 0.3) is 11.8 Å². The third kappa shape index (κ3) is 3.69. The van der Waals surface area contributed by atoms with Gasteiger partial charge in [-0.25, -0.2) is 15.0 Å². The lowest BCUT2D eigenvalue weighted by atomic mass is 10.2. The maximum atomic E-state index is 12.5. The summed E-state index contributed by atoms with van der Waals surface area (Å²) >= 11 is 0. The first-order valence-electron chi connectivity index (χ1n) is 7.53. The number of anilines is 1. The second-order valence-corrected chi connectivity index (χ2v) is 5.32. The van der Waals surface area contributed by atoms with Gasteiger partial charge in [-0.3, -0.25) is 14.2 Å². The fourth-order valence-corrected chi connectivity index (χ4v) is 2.22. The Bertz CT molecular complexity index is 903. The number of amides is 2. The van der Waals surface area contributed by atoms with Crippen molar-refractivity contribution in [2.24, 2.45) is 0 Å². The van der Waals surface area contributed by atoms with Gasteiger partial charge in [0, 0.05) is 19.4 Å². The maximum absolute atomic E-state index is 12.5. The summed E-state index contributed by atoms with van der Waals surface area (Å²) in [5.74, 6) is -0.0431. The summed E-state index contributed by atoms with van der Waals surface area (Å²) in [6, 6.07) is 6.71. The Balaban J connectivity index is 1.80. The molecule has 2 amide bonds. The minimum Gasteiger partial charge on any atom is -0.354 e. The van der Waals surface area contributed by atoms with E-state index in [-0.39, 0.29) is 23.2 Å². The number of nitrogens with zero attached hydrogens (tertiary/aromatic N) is 4. The van der Waals surface area contributed by atoms with Crippen LogP contribution in [0, 0.1) is 6.92 Å². The Hall–Kier alpha value is -3.55. The molecular formula is C17H16N6O2. The first kappa shape index (κ1) is 16.3. The molecule has 0 unspecified atom stereocenters. The molecular weight excluding hydrogens is 320 g/mol. The first-order chi connectivity index (χ1) is 12.1. The fourth-order valence-electron chi connectivity index (χ4n) is 2.22. The van der Waals surface area contributed by atoms with Gasteiger partial charge in [-0.1, -0.05) is 0 Å². The van der Waals surface area contributed by atoms with E-state index < -0.39 is 0 Å². The smallest absolute Gasteiger partial charge is 0.274 e. The first-order valence-corrected chi connectivity index (χ1v) is 7.53. The molecule has 0 aliphatic rings. The molecule has 0 bridgehead atoms. The Labute approximate surface area is 144 Å². The fraction of sp³-hybridized carbons (Fsp3) is 0.118. The highest BCUT2D eigenvalue weighted by molar-refractivity contribution is 6.03. The summed E-state index contributed by atoms with van der Waals surface area (Å²) in [5.41, 5.74) is 1.93. The number of pyridine rings is 2. The van der Waals surface area contributed by atoms with Crippen molar-refractivity contribution in [1.82, 2.24) is 24.8 Å². The zero-order chi connectivity index (χ0) is 17.8. The lowest BCUT2D eigenvalue weighted by molar-refractivity contribution is 0.0957. The minimum atomic E-state index is -0.362. The van der Waals surface area contributed by atoms with Crippen LogP contribution in [0.3, 0.4) is 0 Å². The van der Waals surface area contributed by atoms with Crippen LogP contribution in [0.4, 0.5) is 5.69 Å². The molecule has 3 aromatic rings. The molecule has 126 valence electrons. The summed E-state index contributed by atoms with van der Waals surface area (Å²) in [6.07, 6.45) is 6.44. The number of carbonyl (C=O) groups excluding carboxylic acids is 2. The minimum absolute atomic E-state index is 0.275. The highest BCUT2D eigenvalue weighted by atomic mass is 16.2. The topological polar surface area (TPSA) is 102 Å². The number of imidazole rings is 1. The Kier molecular flexibility index (Phi) is 4.51. The summed E-state index contributed by atoms with van der Waals surface area (Å²) < 4.78 is 1.73. The van der Waals surface area contributed by atoms with Gasteiger partial charge in [-0.05, 0) is 36.8 Å². The van der Waals surface area contributed by atoms with Crippen LogP contribution in [0.5, 0.6) is 0 Å². The predicted octanol–water partition coefficient (Wildman–Crippen LogP) is 1.58. The number of nitrogens with one attached hydrogen (secondary N) is 2. The molecule has 0 aliphatic carbocycles. The van der Waals surface area contributed by atoms with Crippen LogP contribution < -0.4 is 10.6 Å². The lowest BCUT2D eigenvalue weighted by Crippen LogP contribution is -2.19. The van der Waals surface area contributed by atoms with Crippen molar-refractivity contribution in [2.45, 2.75) is 6.92 Å². The van der Waals surface area contributed by atoms with E-state index in [1.807, 2.05) is 13.0 Å². The third-order valence-corrected chi connectivity index (χ3v) is 3.44. The van der Waals surface area contributed by atoms with E-state index in [9.17, 15) is 9.59 Å². The Morgan fingerprint density at radius 2 is 1.96 bits per heavy atom. The van der Waals surface area contributed by atoms with Crippen LogP contribution in [0.25, 0.3) is 5.82 Å². The van der Waals surface area contributed by atoms with Gasteiger partial charge in [0.2, 0.25) is 0 Å². The number of hydrogen-bond acceptors (Lipinski definition) is 5. The van der Waals surface area contributed by atoms with Gasteiger partial charge >= 0.3 is 0 Å². The molecule has 2 N–H and O–H groups in total. The standard InChI is InChI=1S/C17H16N6O2/c1-11-7-14(22-15(8-11)23-6-5-19-10-23)17(25)21-12-3-4-13(20-9-12)16(24)18-2/h3-10H,1-2H3,(H,18,24)(H,21,25). The van der Waals surface area contributed by atoms with Gasteiger partial charge in [0.1, 0.15) is 23.5 Å². The SMILES string of the molecule is CNC(=O)c1ccc(NC(=O)c2cc(C)cc(-n3ccnc3)n2)cn1. The summed E-state index contributed by atoms with van der Waals surface area (Å²) in [4.78, 5) is 36.3. The molecule has 3 rings (SSSR count). The second-order valence-electron chi connectivity index (χ2n) is 5.32. The molecule has 0 fully saturated rings.